The zero-order valence-corrected chi connectivity index (χ0v) is 43.7. The zero-order chi connectivity index (χ0) is 54.1. The van der Waals surface area contributed by atoms with Crippen LogP contribution in [-0.4, -0.2) is 117 Å². The maximum atomic E-state index is 11.4. The Morgan fingerprint density at radius 1 is 0.724 bits per heavy atom. The summed E-state index contributed by atoms with van der Waals surface area (Å²) in [7, 11) is 0. The number of aliphatic hydroxyl groups is 4. The molecule has 400 valence electrons. The lowest BCUT2D eigenvalue weighted by molar-refractivity contribution is -0.234. The van der Waals surface area contributed by atoms with Crippen molar-refractivity contribution in [2.75, 3.05) is 6.61 Å². The Hall–Kier alpha value is -6.24. The number of halogens is 2. The number of ether oxygens (including phenoxy) is 4. The molecule has 0 radical (unpaired) electrons. The summed E-state index contributed by atoms with van der Waals surface area (Å²) < 4.78 is 25.4. The quantitative estimate of drug-likeness (QED) is 0.0310. The predicted molar refractivity (Wildman–Crippen MR) is 281 cm³/mol. The minimum absolute atomic E-state index is 0.0362. The average Bonchev–Trinajstić information content (AvgIpc) is 3.94. The molecule has 2 saturated heterocycles. The number of carboxylic acids is 1. The molecule has 8 N–H and O–H groups in total. The molecular weight excluding hydrogens is 1040 g/mol. The Morgan fingerprint density at radius 3 is 1.89 bits per heavy atom. The van der Waals surface area contributed by atoms with Gasteiger partial charge in [-0.15, -0.1) is 10.2 Å². The molecule has 0 unspecified atom stereocenters. The van der Waals surface area contributed by atoms with E-state index >= 15 is 0 Å². The molecule has 1 amide bonds. The topological polar surface area (TPSA) is 288 Å². The molecular formula is C54H58Cl2N8O11S. The van der Waals surface area contributed by atoms with Gasteiger partial charge < -0.3 is 44.5 Å². The summed E-state index contributed by atoms with van der Waals surface area (Å²) in [6.45, 7) is 4.65. The molecule has 7 aromatic rings. The fourth-order valence-electron chi connectivity index (χ4n) is 8.62. The first-order valence-corrected chi connectivity index (χ1v) is 25.8. The van der Waals surface area contributed by atoms with Gasteiger partial charge in [-0.25, -0.2) is 10.8 Å². The molecule has 22 heteroatoms. The third-order valence-corrected chi connectivity index (χ3v) is 14.3. The third-order valence-electron chi connectivity index (χ3n) is 12.6. The first-order chi connectivity index (χ1) is 36.8. The van der Waals surface area contributed by atoms with E-state index in [-0.39, 0.29) is 30.2 Å². The predicted octanol–water partition coefficient (Wildman–Crippen LogP) is 6.46. The molecule has 0 spiro atoms. The van der Waals surface area contributed by atoms with Gasteiger partial charge in [0.15, 0.2) is 5.01 Å². The van der Waals surface area contributed by atoms with Crippen LogP contribution in [0.4, 0.5) is 0 Å². The van der Waals surface area contributed by atoms with Crippen LogP contribution >= 0.6 is 34.5 Å². The Labute approximate surface area is 452 Å². The van der Waals surface area contributed by atoms with Gasteiger partial charge in [-0.2, -0.15) is 0 Å². The largest absolute Gasteiger partial charge is 0.481 e. The molecule has 0 aliphatic carbocycles. The van der Waals surface area contributed by atoms with Gasteiger partial charge in [0.05, 0.1) is 50.8 Å². The van der Waals surface area contributed by atoms with Crippen LogP contribution in [0.15, 0.2) is 134 Å². The van der Waals surface area contributed by atoms with Crippen LogP contribution in [-0.2, 0) is 49.8 Å². The number of rotatable bonds is 16. The number of hydrazine groups is 1. The molecule has 5 heterocycles. The standard InChI is InChI=1S/C30H33ClO5.C19H19ClN4O5S.C5H6N4O/c1-3-26-20(2)28(34-18-21-10-6-4-7-11-21)30(35-19-22-12-8-5-9-13-22)29(36-26)23-14-15-25(31)24(16-23)17-27(32)33;20-11-2-1-9(18-17(28)16(27)15(26)13(8-25)29-18)5-10(11)6-14-23-24-19(30-14)12-7-21-3-4-22-12;6-9-5(10)4-3-7-1-2-8-4/h4-16,20,26,28-30H,3,17-19H2,1-2H3,(H,32,33);1-5,7,13,15-18,25-28H,6,8H2;1-3H,6H2,(H,9,10)/t20-,26-,28+,29+,30-;13-,15-,16+,17-,18+;/m11./s1. The molecule has 10 atom stereocenters. The fourth-order valence-corrected chi connectivity index (χ4v) is 9.81. The molecule has 76 heavy (non-hydrogen) atoms. The number of nitrogens with two attached hydrogens (primary N) is 1. The number of aliphatic carboxylic acids is 1. The summed E-state index contributed by atoms with van der Waals surface area (Å²) in [5.41, 5.74) is 7.62. The number of aliphatic hydroxyl groups excluding tert-OH is 4. The van der Waals surface area contributed by atoms with Gasteiger partial charge >= 0.3 is 5.97 Å². The van der Waals surface area contributed by atoms with Crippen molar-refractivity contribution in [2.24, 2.45) is 11.8 Å². The maximum Gasteiger partial charge on any atom is 0.307 e. The summed E-state index contributed by atoms with van der Waals surface area (Å²) >= 11 is 14.0. The van der Waals surface area contributed by atoms with Gasteiger partial charge in [-0.05, 0) is 51.9 Å². The van der Waals surface area contributed by atoms with Crippen LogP contribution in [0, 0.1) is 5.92 Å². The molecule has 9 rings (SSSR count). The molecule has 2 aliphatic rings. The molecule has 2 aliphatic heterocycles. The van der Waals surface area contributed by atoms with Crippen LogP contribution in [0.25, 0.3) is 10.7 Å². The minimum atomic E-state index is -1.45. The lowest BCUT2D eigenvalue weighted by Gasteiger charge is -2.46. The average molecular weight is 1100 g/mol. The van der Waals surface area contributed by atoms with Crippen molar-refractivity contribution in [1.29, 1.82) is 0 Å². The second kappa shape index (κ2) is 28.2. The number of nitrogens with one attached hydrogen (secondary N) is 1. The molecule has 0 saturated carbocycles. The van der Waals surface area contributed by atoms with E-state index in [9.17, 15) is 35.1 Å². The first kappa shape index (κ1) is 57.5. The number of hydrogen-bond acceptors (Lipinski definition) is 18. The first-order valence-electron chi connectivity index (χ1n) is 24.2. The number of carboxylic acid groups (broad SMARTS) is 1. The summed E-state index contributed by atoms with van der Waals surface area (Å²) in [6, 6.07) is 30.7. The van der Waals surface area contributed by atoms with Crippen LogP contribution in [0.5, 0.6) is 0 Å². The number of carbonyl (C=O) groups excluding carboxylic acids is 1. The van der Waals surface area contributed by atoms with Crippen molar-refractivity contribution in [2.45, 2.75) is 101 Å². The van der Waals surface area contributed by atoms with Gasteiger partial charge in [0.2, 0.25) is 0 Å². The van der Waals surface area contributed by atoms with Crippen molar-refractivity contribution in [3.8, 4) is 10.7 Å². The van der Waals surface area contributed by atoms with E-state index in [1.54, 1.807) is 42.9 Å². The van der Waals surface area contributed by atoms with Crippen molar-refractivity contribution in [1.82, 2.24) is 35.6 Å². The van der Waals surface area contributed by atoms with Crippen LogP contribution in [0.1, 0.15) is 81.4 Å². The lowest BCUT2D eigenvalue weighted by atomic mass is 9.84. The van der Waals surface area contributed by atoms with Gasteiger partial charge in [-0.1, -0.05) is 133 Å². The number of hydrogen-bond donors (Lipinski definition) is 7. The van der Waals surface area contributed by atoms with Crippen molar-refractivity contribution < 1.29 is 54.1 Å². The fraction of sp³-hybridized carbons (Fsp3) is 0.333. The monoisotopic (exact) mass is 1100 g/mol. The van der Waals surface area contributed by atoms with Gasteiger partial charge in [0.25, 0.3) is 5.91 Å². The van der Waals surface area contributed by atoms with E-state index < -0.39 is 61.2 Å². The highest BCUT2D eigenvalue weighted by molar-refractivity contribution is 7.14. The Balaban J connectivity index is 0.000000189. The van der Waals surface area contributed by atoms with E-state index in [0.717, 1.165) is 28.7 Å². The van der Waals surface area contributed by atoms with Crippen LogP contribution < -0.4 is 11.3 Å². The second-order valence-electron chi connectivity index (χ2n) is 17.7. The highest BCUT2D eigenvalue weighted by Gasteiger charge is 2.46. The Bertz CT molecular complexity index is 2920. The van der Waals surface area contributed by atoms with E-state index in [4.69, 9.17) is 48.0 Å². The van der Waals surface area contributed by atoms with Crippen molar-refractivity contribution in [3.05, 3.63) is 188 Å². The third kappa shape index (κ3) is 15.2. The van der Waals surface area contributed by atoms with Crippen molar-refractivity contribution >= 4 is 46.4 Å². The van der Waals surface area contributed by atoms with E-state index in [1.165, 1.54) is 29.9 Å². The minimum Gasteiger partial charge on any atom is -0.481 e. The SMILES string of the molecule is CC[C@H]1O[C@@H](c2ccc(Cl)c(CC(=O)O)c2)[C@H](OCc2ccccc2)[C@@H](OCc2ccccc2)[C@@H]1C.NNC(=O)c1cnccn1.OC[C@H]1O[C@@H](c2ccc(Cl)c(Cc3nnc(-c4cnccn4)s3)c2)[C@H](O)[C@@H](O)[C@@H]1O. The Kier molecular flexibility index (Phi) is 21.3. The molecule has 19 nitrogen and oxygen atoms in total. The Morgan fingerprint density at radius 2 is 1.32 bits per heavy atom. The molecule has 2 fully saturated rings. The number of carbonyl (C=O) groups is 2. The van der Waals surface area contributed by atoms with Gasteiger partial charge in [-0.3, -0.25) is 30.0 Å². The van der Waals surface area contributed by atoms with Crippen molar-refractivity contribution in [3.63, 3.8) is 0 Å². The summed E-state index contributed by atoms with van der Waals surface area (Å²) in [4.78, 5) is 37.7. The molecule has 3 aromatic heterocycles. The smallest absolute Gasteiger partial charge is 0.307 e. The highest BCUT2D eigenvalue weighted by Crippen LogP contribution is 2.41. The number of benzene rings is 4. The zero-order valence-electron chi connectivity index (χ0n) is 41.3. The van der Waals surface area contributed by atoms with E-state index in [0.29, 0.717) is 56.5 Å². The lowest BCUT2D eigenvalue weighted by Crippen LogP contribution is -2.55. The molecule has 4 aromatic carbocycles. The second-order valence-corrected chi connectivity index (χ2v) is 19.6. The van der Waals surface area contributed by atoms with E-state index in [2.05, 4.69) is 56.1 Å². The number of nitrogens with zero attached hydrogens (tertiary/aromatic N) is 6. The summed E-state index contributed by atoms with van der Waals surface area (Å²) in [6.07, 6.45) is 2.85. The molecule has 0 bridgehead atoms. The van der Waals surface area contributed by atoms with Crippen LogP contribution in [0.2, 0.25) is 10.0 Å². The summed E-state index contributed by atoms with van der Waals surface area (Å²) in [5, 5.41) is 59.8. The number of amides is 1. The van der Waals surface area contributed by atoms with Crippen LogP contribution in [0.3, 0.4) is 0 Å². The number of aromatic nitrogens is 6. The maximum absolute atomic E-state index is 11.4. The van der Waals surface area contributed by atoms with E-state index in [1.807, 2.05) is 66.1 Å². The highest BCUT2D eigenvalue weighted by atomic mass is 35.5. The summed E-state index contributed by atoms with van der Waals surface area (Å²) in [5.74, 6) is 3.57. The number of nitrogen functional groups attached to an aromatic ring is 1. The normalized spacial score (nSPS) is 23.0. The van der Waals surface area contributed by atoms with Gasteiger partial charge in [0, 0.05) is 47.2 Å². The van der Waals surface area contributed by atoms with Gasteiger partial charge in [0.1, 0.15) is 59.1 Å².